The first-order valence-corrected chi connectivity index (χ1v) is 20.7. The van der Waals surface area contributed by atoms with E-state index in [9.17, 15) is 24.0 Å². The van der Waals surface area contributed by atoms with Crippen LogP contribution in [-0.4, -0.2) is 131 Å². The second-order valence-corrected chi connectivity index (χ2v) is 16.1. The third kappa shape index (κ3) is 14.8. The number of epoxide rings is 2. The van der Waals surface area contributed by atoms with Crippen LogP contribution in [0.5, 0.6) is 0 Å². The van der Waals surface area contributed by atoms with Gasteiger partial charge in [0, 0.05) is 45.6 Å². The number of nitrogens with one attached hydrogen (secondary N) is 4. The predicted octanol–water partition coefficient (Wildman–Crippen LogP) is 2.58. The molecule has 1 aliphatic carbocycles. The Labute approximate surface area is 343 Å². The van der Waals surface area contributed by atoms with Gasteiger partial charge in [-0.3, -0.25) is 24.0 Å². The van der Waals surface area contributed by atoms with Crippen molar-refractivity contribution in [1.29, 1.82) is 0 Å². The van der Waals surface area contributed by atoms with Crippen molar-refractivity contribution in [2.45, 2.75) is 115 Å². The van der Waals surface area contributed by atoms with Gasteiger partial charge in [-0.1, -0.05) is 55.8 Å². The molecule has 324 valence electrons. The maximum absolute atomic E-state index is 13.0. The summed E-state index contributed by atoms with van der Waals surface area (Å²) in [5, 5.41) is 11.1. The van der Waals surface area contributed by atoms with E-state index in [1.165, 1.54) is 5.57 Å². The first-order chi connectivity index (χ1) is 27.8. The zero-order valence-electron chi connectivity index (χ0n) is 35.2. The SMILES string of the molecule is COC1C(OC(=O)CCCOCCOCCNC(=O)CCN[C@@H](Cc2ccccc2)C(=O)NCC(=O)NCC(=O)C(C)C)CC[C@]2(CO2)C1C1(C)O[C@@H]1CC=C(C)C. The molecule has 1 saturated carbocycles. The Morgan fingerprint density at radius 3 is 2.31 bits per heavy atom. The number of amides is 3. The van der Waals surface area contributed by atoms with Gasteiger partial charge in [0.25, 0.3) is 0 Å². The van der Waals surface area contributed by atoms with Crippen LogP contribution in [0.4, 0.5) is 0 Å². The van der Waals surface area contributed by atoms with Crippen LogP contribution in [0.25, 0.3) is 0 Å². The Kier molecular flexibility index (Phi) is 18.8. The van der Waals surface area contributed by atoms with Crippen molar-refractivity contribution in [3.05, 3.63) is 47.5 Å². The monoisotopic (exact) mass is 814 g/mol. The van der Waals surface area contributed by atoms with Crippen LogP contribution < -0.4 is 21.3 Å². The molecular weight excluding hydrogens is 748 g/mol. The lowest BCUT2D eigenvalue weighted by Gasteiger charge is -2.42. The van der Waals surface area contributed by atoms with E-state index >= 15 is 0 Å². The van der Waals surface area contributed by atoms with Crippen molar-refractivity contribution < 1.29 is 52.4 Å². The Balaban J connectivity index is 1.04. The number of ketones is 1. The van der Waals surface area contributed by atoms with Crippen LogP contribution in [-0.2, 0) is 58.8 Å². The van der Waals surface area contributed by atoms with Crippen LogP contribution >= 0.6 is 0 Å². The molecule has 15 nitrogen and oxygen atoms in total. The van der Waals surface area contributed by atoms with Crippen molar-refractivity contribution in [2.75, 3.05) is 66.3 Å². The van der Waals surface area contributed by atoms with E-state index in [2.05, 4.69) is 48.1 Å². The van der Waals surface area contributed by atoms with E-state index < -0.39 is 11.9 Å². The second kappa shape index (κ2) is 23.2. The summed E-state index contributed by atoms with van der Waals surface area (Å²) in [6, 6.07) is 8.75. The molecule has 0 aromatic heterocycles. The molecule has 3 fully saturated rings. The van der Waals surface area contributed by atoms with E-state index in [0.29, 0.717) is 58.8 Å². The number of hydrogen-bond acceptors (Lipinski definition) is 12. The number of ether oxygens (including phenoxy) is 6. The van der Waals surface area contributed by atoms with Gasteiger partial charge in [-0.15, -0.1) is 0 Å². The van der Waals surface area contributed by atoms with Crippen LogP contribution in [0.15, 0.2) is 42.0 Å². The minimum absolute atomic E-state index is 0.0210. The largest absolute Gasteiger partial charge is 0.460 e. The zero-order chi connectivity index (χ0) is 42.1. The van der Waals surface area contributed by atoms with Gasteiger partial charge >= 0.3 is 5.97 Å². The molecule has 2 heterocycles. The van der Waals surface area contributed by atoms with Gasteiger partial charge in [0.15, 0.2) is 5.78 Å². The third-order valence-electron chi connectivity index (χ3n) is 11.0. The lowest BCUT2D eigenvalue weighted by Crippen LogP contribution is -2.55. The molecule has 1 aromatic rings. The van der Waals surface area contributed by atoms with E-state index in [-0.39, 0.29) is 97.4 Å². The summed E-state index contributed by atoms with van der Waals surface area (Å²) >= 11 is 0. The fraction of sp³-hybridized carbons (Fsp3) is 0.698. The first kappa shape index (κ1) is 47.0. The minimum atomic E-state index is -0.676. The molecule has 3 aliphatic rings. The molecule has 2 saturated heterocycles. The summed E-state index contributed by atoms with van der Waals surface area (Å²) in [6.07, 6.45) is 5.17. The molecule has 7 atom stereocenters. The van der Waals surface area contributed by atoms with E-state index in [1.807, 2.05) is 30.3 Å². The molecule has 0 radical (unpaired) electrons. The Morgan fingerprint density at radius 1 is 0.914 bits per heavy atom. The van der Waals surface area contributed by atoms with Crippen LogP contribution in [0.1, 0.15) is 78.7 Å². The molecule has 1 aromatic carbocycles. The highest BCUT2D eigenvalue weighted by atomic mass is 16.6. The summed E-state index contributed by atoms with van der Waals surface area (Å²) < 4.78 is 35.4. The van der Waals surface area contributed by atoms with Crippen molar-refractivity contribution in [2.24, 2.45) is 11.8 Å². The second-order valence-electron chi connectivity index (χ2n) is 16.1. The maximum Gasteiger partial charge on any atom is 0.306 e. The Bertz CT molecular complexity index is 1530. The molecule has 58 heavy (non-hydrogen) atoms. The molecular formula is C43H66N4O11. The summed E-state index contributed by atoms with van der Waals surface area (Å²) in [6.45, 7) is 12.0. The number of methoxy groups -OCH3 is 1. The molecule has 1 spiro atoms. The number of hydrogen-bond donors (Lipinski definition) is 4. The first-order valence-electron chi connectivity index (χ1n) is 20.7. The van der Waals surface area contributed by atoms with E-state index in [4.69, 9.17) is 28.4 Å². The predicted molar refractivity (Wildman–Crippen MR) is 216 cm³/mol. The highest BCUT2D eigenvalue weighted by Gasteiger charge is 2.72. The average molecular weight is 815 g/mol. The Morgan fingerprint density at radius 2 is 1.64 bits per heavy atom. The maximum atomic E-state index is 13.0. The number of allylic oxidation sites excluding steroid dienone is 1. The van der Waals surface area contributed by atoms with Crippen molar-refractivity contribution in [1.82, 2.24) is 21.3 Å². The van der Waals surface area contributed by atoms with Crippen molar-refractivity contribution in [3.8, 4) is 0 Å². The fourth-order valence-electron chi connectivity index (χ4n) is 7.50. The Hall–Kier alpha value is -3.73. The number of Topliss-reactive ketones (excluding diaryl/α,β-unsaturated/α-hetero) is 1. The zero-order valence-corrected chi connectivity index (χ0v) is 35.2. The number of rotatable bonds is 27. The number of benzene rings is 1. The third-order valence-corrected chi connectivity index (χ3v) is 11.0. The molecule has 0 bridgehead atoms. The van der Waals surface area contributed by atoms with Gasteiger partial charge in [-0.25, -0.2) is 0 Å². The van der Waals surface area contributed by atoms with Crippen LogP contribution in [0.3, 0.4) is 0 Å². The van der Waals surface area contributed by atoms with Gasteiger partial charge < -0.3 is 49.7 Å². The quantitative estimate of drug-likeness (QED) is 0.0440. The van der Waals surface area contributed by atoms with E-state index in [0.717, 1.165) is 18.4 Å². The molecule has 3 amide bonds. The van der Waals surface area contributed by atoms with Gasteiger partial charge in [0.1, 0.15) is 23.4 Å². The molecule has 4 unspecified atom stereocenters. The summed E-state index contributed by atoms with van der Waals surface area (Å²) in [7, 11) is 1.67. The number of esters is 1. The fourth-order valence-corrected chi connectivity index (χ4v) is 7.50. The summed E-state index contributed by atoms with van der Waals surface area (Å²) in [5.74, 6) is -1.64. The normalized spacial score (nSPS) is 25.1. The molecule has 15 heteroatoms. The van der Waals surface area contributed by atoms with E-state index in [1.54, 1.807) is 21.0 Å². The topological polar surface area (TPSA) is 195 Å². The van der Waals surface area contributed by atoms with Gasteiger partial charge in [0.05, 0.1) is 57.6 Å². The number of carbonyl (C=O) groups is 5. The lowest BCUT2D eigenvalue weighted by molar-refractivity contribution is -0.172. The minimum Gasteiger partial charge on any atom is -0.460 e. The lowest BCUT2D eigenvalue weighted by atomic mass is 9.68. The smallest absolute Gasteiger partial charge is 0.306 e. The highest BCUT2D eigenvalue weighted by Crippen LogP contribution is 2.59. The van der Waals surface area contributed by atoms with Crippen LogP contribution in [0.2, 0.25) is 0 Å². The standard InChI is InChI=1S/C43H66N4O11/c1-29(2)14-15-35-42(5,58-35)40-39(53-6)34(16-18-43(40)28-56-43)57-38(51)13-10-21-54-23-24-55-22-20-45-36(49)17-19-44-32(25-31-11-8-7-9-12-31)41(52)47-27-37(50)46-26-33(48)30(3)4/h7-9,11-12,14,30,32,34-35,39-40,44H,10,13,15-28H2,1-6H3,(H,45,49)(H,46,50)(H,47,52)/t32-,34?,35+,39?,40?,42?,43-/m0/s1. The summed E-state index contributed by atoms with van der Waals surface area (Å²) in [4.78, 5) is 62.2. The van der Waals surface area contributed by atoms with Crippen molar-refractivity contribution in [3.63, 3.8) is 0 Å². The molecule has 4 N–H and O–H groups in total. The summed E-state index contributed by atoms with van der Waals surface area (Å²) in [5.41, 5.74) is 1.52. The number of carbonyl (C=O) groups excluding carboxylic acids is 5. The van der Waals surface area contributed by atoms with Crippen LogP contribution in [0, 0.1) is 11.8 Å². The highest BCUT2D eigenvalue weighted by molar-refractivity contribution is 5.90. The van der Waals surface area contributed by atoms with Gasteiger partial charge in [-0.05, 0) is 58.4 Å². The van der Waals surface area contributed by atoms with Gasteiger partial charge in [-0.2, -0.15) is 0 Å². The molecule has 4 rings (SSSR count). The average Bonchev–Trinajstić information content (AvgIpc) is 4.12. The van der Waals surface area contributed by atoms with Gasteiger partial charge in [0.2, 0.25) is 17.7 Å². The molecule has 2 aliphatic heterocycles. The van der Waals surface area contributed by atoms with Crippen molar-refractivity contribution >= 4 is 29.5 Å².